The second kappa shape index (κ2) is 14.8. The van der Waals surface area contributed by atoms with E-state index < -0.39 is 34.9 Å². The number of aliphatic hydroxyl groups excluding tert-OH is 1. The van der Waals surface area contributed by atoms with Crippen LogP contribution in [0.3, 0.4) is 0 Å². The van der Waals surface area contributed by atoms with Gasteiger partial charge in [-0.2, -0.15) is 0 Å². The van der Waals surface area contributed by atoms with Crippen LogP contribution >= 0.6 is 0 Å². The molecule has 0 aliphatic heterocycles. The molecule has 3 aromatic carbocycles. The van der Waals surface area contributed by atoms with Gasteiger partial charge in [-0.05, 0) is 43.9 Å². The number of hydrogen-bond acceptors (Lipinski definition) is 8. The molecule has 0 unspecified atom stereocenters. The zero-order chi connectivity index (χ0) is 29.8. The number of benzene rings is 3. The van der Waals surface area contributed by atoms with Gasteiger partial charge in [0.05, 0.1) is 17.1 Å². The molecule has 0 aliphatic carbocycles. The number of carbonyl (C=O) groups is 2. The van der Waals surface area contributed by atoms with Crippen LogP contribution in [0.4, 0.5) is 15.3 Å². The molecule has 2 amide bonds. The molecule has 3 rings (SSSR count). The number of alkyl carbamates (subject to hydrolysis) is 1. The third-order valence-corrected chi connectivity index (χ3v) is 5.86. The highest BCUT2D eigenvalue weighted by Gasteiger charge is 2.27. The molecule has 0 heterocycles. The molecule has 0 aromatic heterocycles. The molecule has 41 heavy (non-hydrogen) atoms. The number of non-ortho nitro benzene ring substituents is 1. The van der Waals surface area contributed by atoms with Crippen LogP contribution in [-0.4, -0.2) is 51.5 Å². The molecule has 0 saturated heterocycles. The van der Waals surface area contributed by atoms with Crippen molar-refractivity contribution in [3.63, 3.8) is 0 Å². The maximum atomic E-state index is 12.7. The van der Waals surface area contributed by atoms with Crippen molar-refractivity contribution in [3.05, 3.63) is 112 Å². The standard InChI is InChI=1S/C30H36N4O7/c1-30(2,3)41-29(37)32-33(19-23-14-16-25(17-15-23)34(38)39)20-27(35)26(18-22-10-6-4-7-11-22)31-28(36)40-21-24-12-8-5-9-13-24/h4-17,26-27,35H,18-21H2,1-3H3,(H,31,36)(H,32,37)/t26-,27-/m0/s1. The number of hydrogen-bond donors (Lipinski definition) is 3. The average molecular weight is 565 g/mol. The number of amides is 2. The Balaban J connectivity index is 1.76. The summed E-state index contributed by atoms with van der Waals surface area (Å²) >= 11 is 0. The van der Waals surface area contributed by atoms with Crippen LogP contribution in [0.2, 0.25) is 0 Å². The lowest BCUT2D eigenvalue weighted by Gasteiger charge is -2.31. The van der Waals surface area contributed by atoms with Gasteiger partial charge in [-0.15, -0.1) is 0 Å². The molecule has 0 bridgehead atoms. The molecule has 2 atom stereocenters. The molecule has 3 N–H and O–H groups in total. The summed E-state index contributed by atoms with van der Waals surface area (Å²) in [5, 5.41) is 26.6. The Hall–Kier alpha value is -4.48. The second-order valence-electron chi connectivity index (χ2n) is 10.5. The van der Waals surface area contributed by atoms with Crippen molar-refractivity contribution in [2.45, 2.75) is 58.1 Å². The van der Waals surface area contributed by atoms with E-state index in [1.54, 1.807) is 32.9 Å². The predicted molar refractivity (Wildman–Crippen MR) is 153 cm³/mol. The molecular weight excluding hydrogens is 528 g/mol. The largest absolute Gasteiger partial charge is 0.445 e. The summed E-state index contributed by atoms with van der Waals surface area (Å²) in [6.45, 7) is 5.24. The highest BCUT2D eigenvalue weighted by atomic mass is 16.6. The normalized spacial score (nSPS) is 12.7. The van der Waals surface area contributed by atoms with Crippen LogP contribution in [0.25, 0.3) is 0 Å². The maximum Gasteiger partial charge on any atom is 0.422 e. The molecule has 11 heteroatoms. The first-order valence-corrected chi connectivity index (χ1v) is 13.2. The third-order valence-electron chi connectivity index (χ3n) is 5.86. The smallest absolute Gasteiger partial charge is 0.422 e. The second-order valence-corrected chi connectivity index (χ2v) is 10.5. The first kappa shape index (κ1) is 31.1. The zero-order valence-electron chi connectivity index (χ0n) is 23.4. The van der Waals surface area contributed by atoms with Crippen LogP contribution in [0.5, 0.6) is 0 Å². The average Bonchev–Trinajstić information content (AvgIpc) is 2.92. The fourth-order valence-electron chi connectivity index (χ4n) is 3.94. The Bertz CT molecular complexity index is 1270. The van der Waals surface area contributed by atoms with Crippen LogP contribution in [0, 0.1) is 10.1 Å². The van der Waals surface area contributed by atoms with E-state index in [2.05, 4.69) is 10.7 Å². The number of nitrogens with one attached hydrogen (secondary N) is 2. The van der Waals surface area contributed by atoms with Gasteiger partial charge in [-0.25, -0.2) is 14.6 Å². The van der Waals surface area contributed by atoms with Gasteiger partial charge in [-0.1, -0.05) is 72.8 Å². The minimum Gasteiger partial charge on any atom is -0.445 e. The quantitative estimate of drug-likeness (QED) is 0.212. The van der Waals surface area contributed by atoms with Gasteiger partial charge < -0.3 is 19.9 Å². The van der Waals surface area contributed by atoms with Crippen molar-refractivity contribution in [1.82, 2.24) is 15.8 Å². The number of nitro benzene ring substituents is 1. The molecular formula is C30H36N4O7. The molecule has 11 nitrogen and oxygen atoms in total. The number of rotatable bonds is 12. The van der Waals surface area contributed by atoms with Crippen LogP contribution < -0.4 is 10.7 Å². The minimum atomic E-state index is -1.16. The molecule has 0 fully saturated rings. The molecule has 0 aliphatic rings. The van der Waals surface area contributed by atoms with E-state index in [0.29, 0.717) is 12.0 Å². The number of ether oxygens (including phenoxy) is 2. The van der Waals surface area contributed by atoms with Gasteiger partial charge >= 0.3 is 12.2 Å². The molecule has 0 radical (unpaired) electrons. The van der Waals surface area contributed by atoms with E-state index in [9.17, 15) is 24.8 Å². The van der Waals surface area contributed by atoms with Crippen molar-refractivity contribution in [2.24, 2.45) is 0 Å². The van der Waals surface area contributed by atoms with E-state index in [4.69, 9.17) is 9.47 Å². The topological polar surface area (TPSA) is 143 Å². The van der Waals surface area contributed by atoms with Crippen molar-refractivity contribution < 1.29 is 29.1 Å². The minimum absolute atomic E-state index is 0.0628. The SMILES string of the molecule is CC(C)(C)OC(=O)NN(Cc1ccc([N+](=O)[O-])cc1)C[C@H](O)[C@H](Cc1ccccc1)NC(=O)OCc1ccccc1. The van der Waals surface area contributed by atoms with Crippen molar-refractivity contribution in [2.75, 3.05) is 6.54 Å². The van der Waals surface area contributed by atoms with Gasteiger partial charge in [0.25, 0.3) is 5.69 Å². The first-order valence-electron chi connectivity index (χ1n) is 13.2. The van der Waals surface area contributed by atoms with E-state index >= 15 is 0 Å². The van der Waals surface area contributed by atoms with Crippen molar-refractivity contribution in [3.8, 4) is 0 Å². The highest BCUT2D eigenvalue weighted by molar-refractivity contribution is 5.68. The Morgan fingerprint density at radius 2 is 1.49 bits per heavy atom. The van der Waals surface area contributed by atoms with E-state index in [1.165, 1.54) is 17.1 Å². The van der Waals surface area contributed by atoms with E-state index in [-0.39, 0.29) is 25.4 Å². The predicted octanol–water partition coefficient (Wildman–Crippen LogP) is 4.74. The van der Waals surface area contributed by atoms with Gasteiger partial charge in [-0.3, -0.25) is 15.5 Å². The maximum absolute atomic E-state index is 12.7. The van der Waals surface area contributed by atoms with Crippen LogP contribution in [-0.2, 0) is 29.0 Å². The van der Waals surface area contributed by atoms with Gasteiger partial charge in [0.15, 0.2) is 0 Å². The van der Waals surface area contributed by atoms with Gasteiger partial charge in [0.2, 0.25) is 0 Å². The summed E-state index contributed by atoms with van der Waals surface area (Å²) in [5.74, 6) is 0. The van der Waals surface area contributed by atoms with Crippen molar-refractivity contribution >= 4 is 17.9 Å². The van der Waals surface area contributed by atoms with E-state index in [0.717, 1.165) is 11.1 Å². The summed E-state index contributed by atoms with van der Waals surface area (Å²) in [6, 6.07) is 23.6. The Kier molecular flexibility index (Phi) is 11.2. The highest BCUT2D eigenvalue weighted by Crippen LogP contribution is 2.15. The molecule has 0 spiro atoms. The number of nitrogens with zero attached hydrogens (tertiary/aromatic N) is 2. The van der Waals surface area contributed by atoms with Crippen molar-refractivity contribution in [1.29, 1.82) is 0 Å². The molecule has 218 valence electrons. The summed E-state index contributed by atoms with van der Waals surface area (Å²) in [5.41, 5.74) is 4.16. The summed E-state index contributed by atoms with van der Waals surface area (Å²) < 4.78 is 10.8. The third kappa shape index (κ3) is 11.3. The lowest BCUT2D eigenvalue weighted by molar-refractivity contribution is -0.384. The number of carbonyl (C=O) groups excluding carboxylic acids is 2. The zero-order valence-corrected chi connectivity index (χ0v) is 23.4. The fourth-order valence-corrected chi connectivity index (χ4v) is 3.94. The first-order chi connectivity index (χ1) is 19.5. The molecule has 0 saturated carbocycles. The van der Waals surface area contributed by atoms with Gasteiger partial charge in [0, 0.05) is 25.2 Å². The van der Waals surface area contributed by atoms with Crippen LogP contribution in [0.15, 0.2) is 84.9 Å². The number of nitro groups is 1. The molecule has 3 aromatic rings. The number of hydrazine groups is 1. The monoisotopic (exact) mass is 564 g/mol. The fraction of sp³-hybridized carbons (Fsp3) is 0.333. The summed E-state index contributed by atoms with van der Waals surface area (Å²) in [6.07, 6.45) is -2.30. The lowest BCUT2D eigenvalue weighted by Crippen LogP contribution is -2.53. The number of aliphatic hydroxyl groups is 1. The summed E-state index contributed by atoms with van der Waals surface area (Å²) in [7, 11) is 0. The van der Waals surface area contributed by atoms with Gasteiger partial charge in [0.1, 0.15) is 12.2 Å². The Morgan fingerprint density at radius 1 is 0.902 bits per heavy atom. The van der Waals surface area contributed by atoms with E-state index in [1.807, 2.05) is 60.7 Å². The Morgan fingerprint density at radius 3 is 2.05 bits per heavy atom. The lowest BCUT2D eigenvalue weighted by atomic mass is 10.0. The van der Waals surface area contributed by atoms with Crippen LogP contribution in [0.1, 0.15) is 37.5 Å². The Labute approximate surface area is 239 Å². The summed E-state index contributed by atoms with van der Waals surface area (Å²) in [4.78, 5) is 35.9.